The normalized spacial score (nSPS) is 27.9. The van der Waals surface area contributed by atoms with Crippen LogP contribution < -0.4 is 0 Å². The lowest BCUT2D eigenvalue weighted by Gasteiger charge is -2.49. The first-order valence-electron chi connectivity index (χ1n) is 5.54. The number of hydrogen-bond donors (Lipinski definition) is 1. The maximum atomic E-state index is 10.8. The van der Waals surface area contributed by atoms with Crippen molar-refractivity contribution in [3.05, 3.63) is 0 Å². The Hall–Kier alpha value is -0.610. The molecule has 1 atom stereocenters. The Kier molecular flexibility index (Phi) is 3.73. The van der Waals surface area contributed by atoms with Crippen LogP contribution >= 0.6 is 0 Å². The fourth-order valence-corrected chi connectivity index (χ4v) is 2.19. The molecule has 0 aliphatic carbocycles. The lowest BCUT2D eigenvalue weighted by atomic mass is 9.95. The summed E-state index contributed by atoms with van der Waals surface area (Å²) in [4.78, 5) is 15.3. The van der Waals surface area contributed by atoms with Gasteiger partial charge in [0, 0.05) is 24.7 Å². The van der Waals surface area contributed by atoms with E-state index in [2.05, 4.69) is 37.6 Å². The number of hydrogen-bond acceptors (Lipinski definition) is 3. The fraction of sp³-hybridized carbons (Fsp3) is 0.909. The zero-order valence-electron chi connectivity index (χ0n) is 10.2. The minimum Gasteiger partial charge on any atom is -0.481 e. The quantitative estimate of drug-likeness (QED) is 0.757. The molecule has 0 bridgehead atoms. The molecule has 88 valence electrons. The summed E-state index contributed by atoms with van der Waals surface area (Å²) in [6.07, 6.45) is 0.244. The molecule has 1 heterocycles. The highest BCUT2D eigenvalue weighted by atomic mass is 16.4. The molecule has 1 aliphatic heterocycles. The first-order valence-corrected chi connectivity index (χ1v) is 5.54. The van der Waals surface area contributed by atoms with Gasteiger partial charge in [0.25, 0.3) is 0 Å². The molecule has 0 radical (unpaired) electrons. The van der Waals surface area contributed by atoms with E-state index in [1.165, 1.54) is 0 Å². The average molecular weight is 214 g/mol. The van der Waals surface area contributed by atoms with Crippen LogP contribution in [0.15, 0.2) is 0 Å². The zero-order valence-corrected chi connectivity index (χ0v) is 10.2. The highest BCUT2D eigenvalue weighted by Crippen LogP contribution is 2.23. The number of carboxylic acid groups (broad SMARTS) is 1. The van der Waals surface area contributed by atoms with E-state index in [0.717, 1.165) is 19.6 Å². The van der Waals surface area contributed by atoms with Gasteiger partial charge < -0.3 is 5.11 Å². The number of aliphatic carboxylic acids is 1. The van der Waals surface area contributed by atoms with Gasteiger partial charge in [-0.25, -0.2) is 0 Å². The van der Waals surface area contributed by atoms with Crippen molar-refractivity contribution in [2.75, 3.05) is 26.7 Å². The van der Waals surface area contributed by atoms with Crippen LogP contribution in [0.5, 0.6) is 0 Å². The Morgan fingerprint density at radius 1 is 1.53 bits per heavy atom. The van der Waals surface area contributed by atoms with Crippen LogP contribution in [0.4, 0.5) is 0 Å². The number of nitrogens with zero attached hydrogens (tertiary/aromatic N) is 2. The van der Waals surface area contributed by atoms with Gasteiger partial charge in [0.15, 0.2) is 0 Å². The molecule has 4 heteroatoms. The van der Waals surface area contributed by atoms with Crippen molar-refractivity contribution in [1.82, 2.24) is 9.80 Å². The van der Waals surface area contributed by atoms with Crippen LogP contribution in [0.2, 0.25) is 0 Å². The van der Waals surface area contributed by atoms with Crippen molar-refractivity contribution >= 4 is 5.97 Å². The molecule has 1 aliphatic rings. The van der Waals surface area contributed by atoms with Gasteiger partial charge in [-0.05, 0) is 27.4 Å². The van der Waals surface area contributed by atoms with Gasteiger partial charge in [-0.1, -0.05) is 6.92 Å². The van der Waals surface area contributed by atoms with E-state index in [4.69, 9.17) is 5.11 Å². The third-order valence-electron chi connectivity index (χ3n) is 3.44. The molecule has 0 aromatic carbocycles. The minimum absolute atomic E-state index is 0.144. The number of carbonyl (C=O) groups is 1. The third kappa shape index (κ3) is 2.92. The number of piperazine rings is 1. The van der Waals surface area contributed by atoms with Crippen molar-refractivity contribution in [3.63, 3.8) is 0 Å². The summed E-state index contributed by atoms with van der Waals surface area (Å²) < 4.78 is 0. The Labute approximate surface area is 91.9 Å². The molecule has 1 fully saturated rings. The SMILES string of the molecule is CCN1CC(C)(C)N(C)CC1CC(=O)O. The largest absolute Gasteiger partial charge is 0.481 e. The third-order valence-corrected chi connectivity index (χ3v) is 3.44. The number of likely N-dealkylation sites (N-methyl/N-ethyl adjacent to an activating group) is 2. The van der Waals surface area contributed by atoms with Crippen LogP contribution in [0.3, 0.4) is 0 Å². The van der Waals surface area contributed by atoms with E-state index in [1.807, 2.05) is 0 Å². The first-order chi connectivity index (χ1) is 6.86. The first kappa shape index (κ1) is 12.5. The molecule has 1 N–H and O–H groups in total. The standard InChI is InChI=1S/C11H22N2O2/c1-5-13-8-11(2,3)12(4)7-9(13)6-10(14)15/h9H,5-8H2,1-4H3,(H,14,15). The van der Waals surface area contributed by atoms with Crippen LogP contribution in [0.25, 0.3) is 0 Å². The summed E-state index contributed by atoms with van der Waals surface area (Å²) in [6, 6.07) is 0.158. The van der Waals surface area contributed by atoms with Crippen molar-refractivity contribution in [1.29, 1.82) is 0 Å². The lowest BCUT2D eigenvalue weighted by Crippen LogP contribution is -2.62. The topological polar surface area (TPSA) is 43.8 Å². The Morgan fingerprint density at radius 2 is 2.13 bits per heavy atom. The van der Waals surface area contributed by atoms with Gasteiger partial charge in [-0.15, -0.1) is 0 Å². The highest BCUT2D eigenvalue weighted by Gasteiger charge is 2.36. The van der Waals surface area contributed by atoms with E-state index in [9.17, 15) is 4.79 Å². The van der Waals surface area contributed by atoms with Crippen LogP contribution in [0.1, 0.15) is 27.2 Å². The van der Waals surface area contributed by atoms with Gasteiger partial charge in [0.2, 0.25) is 0 Å². The monoisotopic (exact) mass is 214 g/mol. The van der Waals surface area contributed by atoms with Crippen molar-refractivity contribution in [2.45, 2.75) is 38.8 Å². The molecule has 1 unspecified atom stereocenters. The summed E-state index contributed by atoms with van der Waals surface area (Å²) in [5.74, 6) is -0.702. The molecule has 0 amide bonds. The highest BCUT2D eigenvalue weighted by molar-refractivity contribution is 5.67. The molecular weight excluding hydrogens is 192 g/mol. The van der Waals surface area contributed by atoms with E-state index in [-0.39, 0.29) is 18.0 Å². The summed E-state index contributed by atoms with van der Waals surface area (Å²) in [6.45, 7) is 9.20. The molecule has 0 spiro atoms. The smallest absolute Gasteiger partial charge is 0.304 e. The second-order valence-electron chi connectivity index (χ2n) is 5.01. The summed E-state index contributed by atoms with van der Waals surface area (Å²) in [7, 11) is 2.07. The summed E-state index contributed by atoms with van der Waals surface area (Å²) in [5, 5.41) is 8.85. The molecule has 1 rings (SSSR count). The van der Waals surface area contributed by atoms with Crippen molar-refractivity contribution in [2.24, 2.45) is 0 Å². The summed E-state index contributed by atoms with van der Waals surface area (Å²) >= 11 is 0. The molecule has 0 aromatic rings. The summed E-state index contributed by atoms with van der Waals surface area (Å²) in [5.41, 5.74) is 0.144. The molecule has 1 saturated heterocycles. The van der Waals surface area contributed by atoms with E-state index in [0.29, 0.717) is 0 Å². The predicted molar refractivity (Wildman–Crippen MR) is 60.0 cm³/mol. The van der Waals surface area contributed by atoms with Crippen molar-refractivity contribution < 1.29 is 9.90 Å². The van der Waals surface area contributed by atoms with Crippen LogP contribution in [-0.4, -0.2) is 59.1 Å². The van der Waals surface area contributed by atoms with Crippen molar-refractivity contribution in [3.8, 4) is 0 Å². The van der Waals surface area contributed by atoms with E-state index in [1.54, 1.807) is 0 Å². The number of rotatable bonds is 3. The Bertz CT molecular complexity index is 241. The van der Waals surface area contributed by atoms with E-state index >= 15 is 0 Å². The molecule has 0 aromatic heterocycles. The average Bonchev–Trinajstić information content (AvgIpc) is 2.10. The van der Waals surface area contributed by atoms with Gasteiger partial charge in [0.1, 0.15) is 0 Å². The van der Waals surface area contributed by atoms with Gasteiger partial charge in [0.05, 0.1) is 6.42 Å². The van der Waals surface area contributed by atoms with Gasteiger partial charge in [-0.2, -0.15) is 0 Å². The molecule has 0 saturated carbocycles. The van der Waals surface area contributed by atoms with Gasteiger partial charge >= 0.3 is 5.97 Å². The number of carboxylic acids is 1. The Morgan fingerprint density at radius 3 is 2.60 bits per heavy atom. The molecule has 4 nitrogen and oxygen atoms in total. The predicted octanol–water partition coefficient (Wildman–Crippen LogP) is 0.876. The zero-order chi connectivity index (χ0) is 11.6. The van der Waals surface area contributed by atoms with Gasteiger partial charge in [-0.3, -0.25) is 14.6 Å². The Balaban J connectivity index is 2.69. The van der Waals surface area contributed by atoms with Crippen LogP contribution in [0, 0.1) is 0 Å². The maximum Gasteiger partial charge on any atom is 0.304 e. The molecular formula is C11H22N2O2. The molecule has 15 heavy (non-hydrogen) atoms. The lowest BCUT2D eigenvalue weighted by molar-refractivity contribution is -0.139. The second-order valence-corrected chi connectivity index (χ2v) is 5.01. The van der Waals surface area contributed by atoms with E-state index < -0.39 is 5.97 Å². The maximum absolute atomic E-state index is 10.8. The second kappa shape index (κ2) is 4.49. The minimum atomic E-state index is -0.702. The van der Waals surface area contributed by atoms with Crippen LogP contribution in [-0.2, 0) is 4.79 Å². The fourth-order valence-electron chi connectivity index (χ4n) is 2.19.